The summed E-state index contributed by atoms with van der Waals surface area (Å²) in [6.07, 6.45) is 2.11. The SMILES string of the molecule is Cc1cc(F)c(C(C)N2CCCC2CN)cc1F. The average Bonchev–Trinajstić information content (AvgIpc) is 2.81. The Morgan fingerprint density at radius 2 is 2.11 bits per heavy atom. The maximum Gasteiger partial charge on any atom is 0.128 e. The molecule has 1 fully saturated rings. The van der Waals surface area contributed by atoms with Gasteiger partial charge in [-0.1, -0.05) is 0 Å². The average molecular weight is 254 g/mol. The van der Waals surface area contributed by atoms with E-state index in [1.807, 2.05) is 6.92 Å². The van der Waals surface area contributed by atoms with Gasteiger partial charge < -0.3 is 5.73 Å². The first-order chi connectivity index (χ1) is 8.54. The van der Waals surface area contributed by atoms with Crippen molar-refractivity contribution in [2.45, 2.75) is 38.8 Å². The van der Waals surface area contributed by atoms with Gasteiger partial charge in [-0.2, -0.15) is 0 Å². The first-order valence-electron chi connectivity index (χ1n) is 6.46. The zero-order valence-corrected chi connectivity index (χ0v) is 10.9. The van der Waals surface area contributed by atoms with Crippen LogP contribution >= 0.6 is 0 Å². The van der Waals surface area contributed by atoms with E-state index in [9.17, 15) is 8.78 Å². The Labute approximate surface area is 107 Å². The lowest BCUT2D eigenvalue weighted by Gasteiger charge is -2.30. The van der Waals surface area contributed by atoms with Crippen LogP contribution < -0.4 is 5.73 Å². The molecule has 1 heterocycles. The second kappa shape index (κ2) is 5.33. The van der Waals surface area contributed by atoms with E-state index in [1.165, 1.54) is 12.1 Å². The highest BCUT2D eigenvalue weighted by Gasteiger charge is 2.29. The summed E-state index contributed by atoms with van der Waals surface area (Å²) in [4.78, 5) is 2.17. The van der Waals surface area contributed by atoms with Crippen molar-refractivity contribution in [3.63, 3.8) is 0 Å². The van der Waals surface area contributed by atoms with Crippen LogP contribution in [-0.2, 0) is 0 Å². The van der Waals surface area contributed by atoms with Crippen LogP contribution in [0.2, 0.25) is 0 Å². The molecule has 0 saturated carbocycles. The van der Waals surface area contributed by atoms with E-state index in [4.69, 9.17) is 5.73 Å². The van der Waals surface area contributed by atoms with Gasteiger partial charge >= 0.3 is 0 Å². The number of rotatable bonds is 3. The van der Waals surface area contributed by atoms with Gasteiger partial charge in [-0.3, -0.25) is 4.90 Å². The molecule has 1 aromatic rings. The number of nitrogens with two attached hydrogens (primary N) is 1. The van der Waals surface area contributed by atoms with Gasteiger partial charge in [0.15, 0.2) is 0 Å². The van der Waals surface area contributed by atoms with Crippen molar-refractivity contribution < 1.29 is 8.78 Å². The van der Waals surface area contributed by atoms with Gasteiger partial charge in [0.2, 0.25) is 0 Å². The van der Waals surface area contributed by atoms with Crippen LogP contribution in [0.5, 0.6) is 0 Å². The topological polar surface area (TPSA) is 29.3 Å². The first kappa shape index (κ1) is 13.4. The molecule has 0 radical (unpaired) electrons. The fourth-order valence-electron chi connectivity index (χ4n) is 2.78. The Kier molecular flexibility index (Phi) is 3.97. The van der Waals surface area contributed by atoms with Gasteiger partial charge in [0.1, 0.15) is 11.6 Å². The molecule has 2 rings (SSSR count). The highest BCUT2D eigenvalue weighted by Crippen LogP contribution is 2.31. The number of nitrogens with zero attached hydrogens (tertiary/aromatic N) is 1. The van der Waals surface area contributed by atoms with E-state index in [2.05, 4.69) is 4.90 Å². The molecule has 0 spiro atoms. The van der Waals surface area contributed by atoms with Gasteiger partial charge in [-0.25, -0.2) is 8.78 Å². The molecule has 2 nitrogen and oxygen atoms in total. The van der Waals surface area contributed by atoms with Gasteiger partial charge in [-0.15, -0.1) is 0 Å². The number of aryl methyl sites for hydroxylation is 1. The molecule has 1 aliphatic heterocycles. The molecule has 2 unspecified atom stereocenters. The van der Waals surface area contributed by atoms with Crippen molar-refractivity contribution in [2.24, 2.45) is 5.73 Å². The van der Waals surface area contributed by atoms with Crippen LogP contribution in [0.1, 0.15) is 36.9 Å². The highest BCUT2D eigenvalue weighted by atomic mass is 19.1. The summed E-state index contributed by atoms with van der Waals surface area (Å²) in [5.41, 5.74) is 6.50. The molecule has 2 atom stereocenters. The van der Waals surface area contributed by atoms with Gasteiger partial charge in [-0.05, 0) is 50.9 Å². The van der Waals surface area contributed by atoms with E-state index in [0.29, 0.717) is 17.7 Å². The van der Waals surface area contributed by atoms with Crippen LogP contribution in [0.4, 0.5) is 8.78 Å². The molecule has 0 aromatic heterocycles. The van der Waals surface area contributed by atoms with Crippen molar-refractivity contribution in [2.75, 3.05) is 13.1 Å². The Morgan fingerprint density at radius 3 is 2.78 bits per heavy atom. The molecule has 0 bridgehead atoms. The van der Waals surface area contributed by atoms with Crippen molar-refractivity contribution in [3.05, 3.63) is 34.9 Å². The molecule has 0 amide bonds. The summed E-state index contributed by atoms with van der Waals surface area (Å²) in [6.45, 7) is 4.96. The fourth-order valence-corrected chi connectivity index (χ4v) is 2.78. The van der Waals surface area contributed by atoms with E-state index in [-0.39, 0.29) is 23.7 Å². The molecular formula is C14H20F2N2. The highest BCUT2D eigenvalue weighted by molar-refractivity contribution is 5.27. The molecule has 1 aromatic carbocycles. The first-order valence-corrected chi connectivity index (χ1v) is 6.46. The standard InChI is InChI=1S/C14H20F2N2/c1-9-6-14(16)12(7-13(9)15)10(2)18-5-3-4-11(18)8-17/h6-7,10-11H,3-5,8,17H2,1-2H3. The molecule has 0 aliphatic carbocycles. The van der Waals surface area contributed by atoms with Crippen molar-refractivity contribution in [3.8, 4) is 0 Å². The van der Waals surface area contributed by atoms with Crippen molar-refractivity contribution in [1.82, 2.24) is 4.90 Å². The summed E-state index contributed by atoms with van der Waals surface area (Å²) in [6, 6.07) is 2.75. The van der Waals surface area contributed by atoms with Crippen molar-refractivity contribution >= 4 is 0 Å². The molecule has 2 N–H and O–H groups in total. The summed E-state index contributed by atoms with van der Waals surface area (Å²) < 4.78 is 27.5. The van der Waals surface area contributed by atoms with Gasteiger partial charge in [0, 0.05) is 24.2 Å². The minimum atomic E-state index is -0.346. The third-order valence-electron chi connectivity index (χ3n) is 3.92. The zero-order valence-electron chi connectivity index (χ0n) is 10.9. The normalized spacial score (nSPS) is 22.4. The second-order valence-electron chi connectivity index (χ2n) is 5.07. The third-order valence-corrected chi connectivity index (χ3v) is 3.92. The van der Waals surface area contributed by atoms with E-state index in [0.717, 1.165) is 19.4 Å². The van der Waals surface area contributed by atoms with E-state index >= 15 is 0 Å². The third kappa shape index (κ3) is 2.40. The Hall–Kier alpha value is -1.00. The Balaban J connectivity index is 2.28. The number of hydrogen-bond acceptors (Lipinski definition) is 2. The lowest BCUT2D eigenvalue weighted by Crippen LogP contribution is -2.37. The predicted octanol–water partition coefficient (Wildman–Crippen LogP) is 2.76. The Bertz CT molecular complexity index is 434. The number of likely N-dealkylation sites (tertiary alicyclic amines) is 1. The van der Waals surface area contributed by atoms with Crippen LogP contribution in [0.25, 0.3) is 0 Å². The lowest BCUT2D eigenvalue weighted by atomic mass is 10.0. The maximum atomic E-state index is 13.9. The summed E-state index contributed by atoms with van der Waals surface area (Å²) in [7, 11) is 0. The molecule has 1 saturated heterocycles. The molecular weight excluding hydrogens is 234 g/mol. The molecule has 18 heavy (non-hydrogen) atoms. The second-order valence-corrected chi connectivity index (χ2v) is 5.07. The molecule has 100 valence electrons. The summed E-state index contributed by atoms with van der Waals surface area (Å²) >= 11 is 0. The minimum Gasteiger partial charge on any atom is -0.329 e. The summed E-state index contributed by atoms with van der Waals surface area (Å²) in [5, 5.41) is 0. The van der Waals surface area contributed by atoms with Crippen LogP contribution in [0.3, 0.4) is 0 Å². The number of halogens is 2. The van der Waals surface area contributed by atoms with Crippen molar-refractivity contribution in [1.29, 1.82) is 0 Å². The smallest absolute Gasteiger partial charge is 0.128 e. The monoisotopic (exact) mass is 254 g/mol. The van der Waals surface area contributed by atoms with Gasteiger partial charge in [0.25, 0.3) is 0 Å². The molecule has 4 heteroatoms. The predicted molar refractivity (Wildman–Crippen MR) is 68.3 cm³/mol. The van der Waals surface area contributed by atoms with E-state index in [1.54, 1.807) is 6.92 Å². The lowest BCUT2D eigenvalue weighted by molar-refractivity contribution is 0.193. The van der Waals surface area contributed by atoms with Crippen LogP contribution in [0, 0.1) is 18.6 Å². The molecule has 1 aliphatic rings. The maximum absolute atomic E-state index is 13.9. The minimum absolute atomic E-state index is 0.129. The summed E-state index contributed by atoms with van der Waals surface area (Å²) in [5.74, 6) is -0.675. The van der Waals surface area contributed by atoms with Crippen LogP contribution in [-0.4, -0.2) is 24.0 Å². The quantitative estimate of drug-likeness (QED) is 0.898. The number of benzene rings is 1. The fraction of sp³-hybridized carbons (Fsp3) is 0.571. The largest absolute Gasteiger partial charge is 0.329 e. The van der Waals surface area contributed by atoms with E-state index < -0.39 is 0 Å². The Morgan fingerprint density at radius 1 is 1.39 bits per heavy atom. The zero-order chi connectivity index (χ0) is 13.3. The van der Waals surface area contributed by atoms with Gasteiger partial charge in [0.05, 0.1) is 0 Å². The van der Waals surface area contributed by atoms with Crippen LogP contribution in [0.15, 0.2) is 12.1 Å². The number of hydrogen-bond donors (Lipinski definition) is 1.